The minimum Gasteiger partial charge on any atom is -0.322 e. The van der Waals surface area contributed by atoms with Gasteiger partial charge in [-0.25, -0.2) is 0 Å². The lowest BCUT2D eigenvalue weighted by atomic mass is 10.1. The molecule has 0 heterocycles. The van der Waals surface area contributed by atoms with Gasteiger partial charge in [-0.05, 0) is 63.6 Å². The minimum absolute atomic E-state index is 1.13. The molecular weight excluding hydrogens is 438 g/mol. The molecule has 0 N–H and O–H groups in total. The zero-order chi connectivity index (χ0) is 18.5. The average molecular weight is 476 g/mol. The summed E-state index contributed by atoms with van der Waals surface area (Å²) in [6.07, 6.45) is 13.7. The van der Waals surface area contributed by atoms with Crippen LogP contribution < -0.4 is 0 Å². The summed E-state index contributed by atoms with van der Waals surface area (Å²) in [4.78, 5) is 0. The van der Waals surface area contributed by atoms with Gasteiger partial charge >= 0.3 is 0 Å². The normalized spacial score (nSPS) is 13.8. The van der Waals surface area contributed by atoms with Crippen LogP contribution in [0.25, 0.3) is 0 Å². The lowest BCUT2D eigenvalue weighted by molar-refractivity contribution is -0.923. The first kappa shape index (κ1) is 23.2. The van der Waals surface area contributed by atoms with Gasteiger partial charge in [0, 0.05) is 14.5 Å². The zero-order valence-electron chi connectivity index (χ0n) is 16.6. The van der Waals surface area contributed by atoms with Crippen molar-refractivity contribution in [3.05, 3.63) is 32.7 Å². The Kier molecular flexibility index (Phi) is 12.4. The van der Waals surface area contributed by atoms with Gasteiger partial charge < -0.3 is 4.48 Å². The molecule has 0 saturated carbocycles. The monoisotopic (exact) mass is 474 g/mol. The van der Waals surface area contributed by atoms with Crippen molar-refractivity contribution in [3.63, 3.8) is 0 Å². The molecule has 25 heavy (non-hydrogen) atoms. The fourth-order valence-electron chi connectivity index (χ4n) is 3.55. The Morgan fingerprint density at radius 3 is 1.88 bits per heavy atom. The molecule has 0 aliphatic heterocycles. The summed E-state index contributed by atoms with van der Waals surface area (Å²) >= 11 is 7.44. The van der Waals surface area contributed by atoms with Crippen molar-refractivity contribution in [2.24, 2.45) is 0 Å². The van der Waals surface area contributed by atoms with Crippen LogP contribution in [-0.4, -0.2) is 24.6 Å². The lowest BCUT2D eigenvalue weighted by Crippen LogP contribution is -2.44. The van der Waals surface area contributed by atoms with Gasteiger partial charge in [-0.3, -0.25) is 0 Å². The average Bonchev–Trinajstić information content (AvgIpc) is 2.59. The number of quaternary nitrogens is 1. The summed E-state index contributed by atoms with van der Waals surface area (Å²) in [6.45, 7) is 8.31. The van der Waals surface area contributed by atoms with Gasteiger partial charge in [0.05, 0.1) is 20.1 Å². The van der Waals surface area contributed by atoms with E-state index in [1.807, 2.05) is 0 Å². The van der Waals surface area contributed by atoms with Gasteiger partial charge in [0.15, 0.2) is 0 Å². The molecule has 0 radical (unpaired) electrons. The summed E-state index contributed by atoms with van der Waals surface area (Å²) in [5.41, 5.74) is 1.43. The Balaban J connectivity index is 2.61. The first-order valence-corrected chi connectivity index (χ1v) is 11.9. The van der Waals surface area contributed by atoms with Crippen LogP contribution in [0.1, 0.15) is 83.6 Å². The molecule has 0 aliphatic rings. The van der Waals surface area contributed by atoms with Crippen LogP contribution in [0.3, 0.4) is 0 Å². The smallest absolute Gasteiger partial charge is 0.105 e. The van der Waals surface area contributed by atoms with Crippen molar-refractivity contribution in [1.82, 2.24) is 0 Å². The van der Waals surface area contributed by atoms with E-state index in [0.717, 1.165) is 6.54 Å². The predicted molar refractivity (Wildman–Crippen MR) is 119 cm³/mol. The van der Waals surface area contributed by atoms with Gasteiger partial charge in [0.2, 0.25) is 0 Å². The van der Waals surface area contributed by atoms with Crippen molar-refractivity contribution in [2.45, 2.75) is 84.6 Å². The van der Waals surface area contributed by atoms with E-state index < -0.39 is 0 Å². The van der Waals surface area contributed by atoms with Crippen molar-refractivity contribution in [3.8, 4) is 0 Å². The second-order valence-electron chi connectivity index (χ2n) is 7.77. The second-order valence-corrected chi connectivity index (χ2v) is 9.41. The maximum absolute atomic E-state index is 3.78. The molecular formula is C22H38Br2N+. The molecule has 1 rings (SSSR count). The Labute approximate surface area is 173 Å². The molecule has 0 fully saturated rings. The predicted octanol–water partition coefficient (Wildman–Crippen LogP) is 8.10. The third-order valence-electron chi connectivity index (χ3n) is 5.19. The largest absolute Gasteiger partial charge is 0.322 e. The van der Waals surface area contributed by atoms with Crippen LogP contribution in [-0.2, 0) is 6.54 Å². The number of nitrogens with zero attached hydrogens (tertiary/aromatic N) is 1. The molecule has 1 unspecified atom stereocenters. The maximum Gasteiger partial charge on any atom is 0.105 e. The molecule has 0 spiro atoms. The van der Waals surface area contributed by atoms with Crippen LogP contribution in [0.2, 0.25) is 0 Å². The third-order valence-corrected chi connectivity index (χ3v) is 7.32. The van der Waals surface area contributed by atoms with E-state index in [0.29, 0.717) is 0 Å². The quantitative estimate of drug-likeness (QED) is 0.188. The Morgan fingerprint density at radius 2 is 1.28 bits per heavy atom. The van der Waals surface area contributed by atoms with Crippen LogP contribution in [0.5, 0.6) is 0 Å². The fourth-order valence-corrected chi connectivity index (χ4v) is 4.34. The summed E-state index contributed by atoms with van der Waals surface area (Å²) in [5, 5.41) is 0. The maximum atomic E-state index is 3.78. The second kappa shape index (κ2) is 13.3. The van der Waals surface area contributed by atoms with Crippen molar-refractivity contribution >= 4 is 31.9 Å². The Hall–Kier alpha value is 0.140. The van der Waals surface area contributed by atoms with Crippen LogP contribution >= 0.6 is 31.9 Å². The lowest BCUT2D eigenvalue weighted by Gasteiger charge is -2.35. The fraction of sp³-hybridized carbons (Fsp3) is 0.727. The number of halogens is 2. The third kappa shape index (κ3) is 9.58. The molecule has 1 nitrogen and oxygen atoms in total. The number of hydrogen-bond donors (Lipinski definition) is 0. The van der Waals surface area contributed by atoms with Crippen molar-refractivity contribution in [2.75, 3.05) is 20.1 Å². The number of rotatable bonds is 14. The molecule has 0 aromatic heterocycles. The minimum atomic E-state index is 1.13. The van der Waals surface area contributed by atoms with E-state index in [4.69, 9.17) is 0 Å². The zero-order valence-corrected chi connectivity index (χ0v) is 19.8. The highest BCUT2D eigenvalue weighted by molar-refractivity contribution is 9.13. The van der Waals surface area contributed by atoms with Gasteiger partial charge in [-0.1, -0.05) is 64.5 Å². The highest BCUT2D eigenvalue weighted by Gasteiger charge is 2.23. The molecule has 0 aliphatic carbocycles. The molecule has 3 heteroatoms. The van der Waals surface area contributed by atoms with Gasteiger partial charge in [0.25, 0.3) is 0 Å². The molecule has 1 aromatic carbocycles. The molecule has 1 aromatic rings. The van der Waals surface area contributed by atoms with E-state index in [9.17, 15) is 0 Å². The van der Waals surface area contributed by atoms with Gasteiger partial charge in [0.1, 0.15) is 6.54 Å². The van der Waals surface area contributed by atoms with Crippen LogP contribution in [0.4, 0.5) is 0 Å². The molecule has 0 bridgehead atoms. The molecule has 1 atom stereocenters. The molecule has 0 saturated heterocycles. The first-order chi connectivity index (χ1) is 12.0. The van der Waals surface area contributed by atoms with Crippen molar-refractivity contribution < 1.29 is 4.48 Å². The SMILES string of the molecule is CCCCCCCC[N+](C)(CCCCCC)Cc1cccc(Br)c1Br. The van der Waals surface area contributed by atoms with E-state index in [-0.39, 0.29) is 0 Å². The van der Waals surface area contributed by atoms with E-state index in [2.05, 4.69) is 71.0 Å². The summed E-state index contributed by atoms with van der Waals surface area (Å²) in [7, 11) is 2.46. The Morgan fingerprint density at radius 1 is 0.760 bits per heavy atom. The van der Waals surface area contributed by atoms with E-state index in [1.54, 1.807) is 0 Å². The first-order valence-electron chi connectivity index (χ1n) is 10.3. The summed E-state index contributed by atoms with van der Waals surface area (Å²) in [6, 6.07) is 6.56. The topological polar surface area (TPSA) is 0 Å². The Bertz CT molecular complexity index is 475. The summed E-state index contributed by atoms with van der Waals surface area (Å²) < 4.78 is 3.57. The summed E-state index contributed by atoms with van der Waals surface area (Å²) in [5.74, 6) is 0. The van der Waals surface area contributed by atoms with Gasteiger partial charge in [-0.2, -0.15) is 0 Å². The van der Waals surface area contributed by atoms with Crippen LogP contribution in [0.15, 0.2) is 27.1 Å². The standard InChI is InChI=1S/C22H38Br2N/c1-4-6-8-10-11-13-18-25(3,17-12-9-7-5-2)19-20-15-14-16-21(23)22(20)24/h14-16H,4-13,17-19H2,1-3H3/q+1. The van der Waals surface area contributed by atoms with E-state index in [1.165, 1.54) is 96.3 Å². The van der Waals surface area contributed by atoms with Crippen LogP contribution in [0, 0.1) is 0 Å². The van der Waals surface area contributed by atoms with Crippen molar-refractivity contribution in [1.29, 1.82) is 0 Å². The highest BCUT2D eigenvalue weighted by atomic mass is 79.9. The van der Waals surface area contributed by atoms with E-state index >= 15 is 0 Å². The number of benzene rings is 1. The number of unbranched alkanes of at least 4 members (excludes halogenated alkanes) is 8. The van der Waals surface area contributed by atoms with Gasteiger partial charge in [-0.15, -0.1) is 0 Å². The highest BCUT2D eigenvalue weighted by Crippen LogP contribution is 2.29. The number of hydrogen-bond acceptors (Lipinski definition) is 0. The molecule has 0 amide bonds. The molecule has 144 valence electrons.